The van der Waals surface area contributed by atoms with E-state index in [9.17, 15) is 0 Å². The Morgan fingerprint density at radius 3 is 2.68 bits per heavy atom. The van der Waals surface area contributed by atoms with Crippen molar-refractivity contribution in [1.82, 2.24) is 15.0 Å². The van der Waals surface area contributed by atoms with Gasteiger partial charge in [0.25, 0.3) is 0 Å². The van der Waals surface area contributed by atoms with Gasteiger partial charge in [0.2, 0.25) is 0 Å². The molecule has 1 aliphatic rings. The Bertz CT molecular complexity index is 640. The van der Waals surface area contributed by atoms with Gasteiger partial charge in [-0.05, 0) is 31.9 Å². The molecule has 0 bridgehead atoms. The summed E-state index contributed by atoms with van der Waals surface area (Å²) in [5.41, 5.74) is 0.995. The number of pyridine rings is 1. The first-order chi connectivity index (χ1) is 10.6. The topological polar surface area (TPSA) is 45.2 Å². The van der Waals surface area contributed by atoms with Crippen LogP contribution in [-0.2, 0) is 0 Å². The molecule has 116 valence electrons. The van der Waals surface area contributed by atoms with E-state index in [0.29, 0.717) is 6.04 Å². The standard InChI is InChI=1S/C16H20ClN5/c1-12-10-15(20-11-19-12)21(2)13-5-8-22(9-6-13)16-14(17)4-3-7-18-16/h3-4,7,10-11,13H,5-6,8-9H2,1-2H3. The maximum atomic E-state index is 6.24. The summed E-state index contributed by atoms with van der Waals surface area (Å²) in [6.45, 7) is 3.90. The smallest absolute Gasteiger partial charge is 0.147 e. The highest BCUT2D eigenvalue weighted by Gasteiger charge is 2.25. The van der Waals surface area contributed by atoms with Crippen LogP contribution in [0.4, 0.5) is 11.6 Å². The molecule has 0 spiro atoms. The first-order valence-corrected chi connectivity index (χ1v) is 7.90. The van der Waals surface area contributed by atoms with Gasteiger partial charge in [0.15, 0.2) is 0 Å². The number of piperidine rings is 1. The van der Waals surface area contributed by atoms with Crippen LogP contribution in [0.3, 0.4) is 0 Å². The van der Waals surface area contributed by atoms with Gasteiger partial charge < -0.3 is 9.80 Å². The lowest BCUT2D eigenvalue weighted by molar-refractivity contribution is 0.478. The van der Waals surface area contributed by atoms with Crippen LogP contribution in [0.15, 0.2) is 30.7 Å². The van der Waals surface area contributed by atoms with E-state index in [1.54, 1.807) is 12.5 Å². The number of anilines is 2. The summed E-state index contributed by atoms with van der Waals surface area (Å²) in [5.74, 6) is 1.88. The maximum absolute atomic E-state index is 6.24. The average molecular weight is 318 g/mol. The number of rotatable bonds is 3. The maximum Gasteiger partial charge on any atom is 0.147 e. The van der Waals surface area contributed by atoms with E-state index >= 15 is 0 Å². The van der Waals surface area contributed by atoms with Crippen molar-refractivity contribution in [3.8, 4) is 0 Å². The number of hydrogen-bond donors (Lipinski definition) is 0. The number of aromatic nitrogens is 3. The third-order valence-corrected chi connectivity index (χ3v) is 4.50. The zero-order valence-corrected chi connectivity index (χ0v) is 13.7. The molecule has 1 aliphatic heterocycles. The van der Waals surface area contributed by atoms with Gasteiger partial charge in [-0.1, -0.05) is 11.6 Å². The molecule has 0 radical (unpaired) electrons. The third kappa shape index (κ3) is 3.14. The predicted octanol–water partition coefficient (Wildman–Crippen LogP) is 2.94. The lowest BCUT2D eigenvalue weighted by Crippen LogP contribution is -2.44. The molecule has 0 saturated carbocycles. The fourth-order valence-electron chi connectivity index (χ4n) is 2.90. The fourth-order valence-corrected chi connectivity index (χ4v) is 3.14. The van der Waals surface area contributed by atoms with Crippen LogP contribution in [0, 0.1) is 6.92 Å². The van der Waals surface area contributed by atoms with Crippen molar-refractivity contribution in [2.45, 2.75) is 25.8 Å². The number of aryl methyl sites for hydroxylation is 1. The van der Waals surface area contributed by atoms with Crippen molar-refractivity contribution in [3.05, 3.63) is 41.4 Å². The zero-order valence-electron chi connectivity index (χ0n) is 12.9. The van der Waals surface area contributed by atoms with Gasteiger partial charge in [0.1, 0.15) is 18.0 Å². The molecule has 22 heavy (non-hydrogen) atoms. The third-order valence-electron chi connectivity index (χ3n) is 4.20. The van der Waals surface area contributed by atoms with Crippen LogP contribution >= 0.6 is 11.6 Å². The summed E-state index contributed by atoms with van der Waals surface area (Å²) in [6, 6.07) is 6.27. The molecular formula is C16H20ClN5. The van der Waals surface area contributed by atoms with Gasteiger partial charge in [0, 0.05) is 44.1 Å². The van der Waals surface area contributed by atoms with E-state index in [2.05, 4.69) is 31.8 Å². The Kier molecular flexibility index (Phi) is 4.43. The molecule has 6 heteroatoms. The molecule has 2 aromatic heterocycles. The summed E-state index contributed by atoms with van der Waals surface area (Å²) in [4.78, 5) is 17.5. The van der Waals surface area contributed by atoms with Crippen LogP contribution < -0.4 is 9.80 Å². The highest BCUT2D eigenvalue weighted by atomic mass is 35.5. The molecular weight excluding hydrogens is 298 g/mol. The Morgan fingerprint density at radius 1 is 1.23 bits per heavy atom. The molecule has 0 aromatic carbocycles. The summed E-state index contributed by atoms with van der Waals surface area (Å²) in [7, 11) is 2.11. The lowest BCUT2D eigenvalue weighted by Gasteiger charge is -2.38. The van der Waals surface area contributed by atoms with Crippen molar-refractivity contribution in [2.24, 2.45) is 0 Å². The largest absolute Gasteiger partial charge is 0.356 e. The zero-order chi connectivity index (χ0) is 15.5. The van der Waals surface area contributed by atoms with Crippen molar-refractivity contribution in [3.63, 3.8) is 0 Å². The number of hydrogen-bond acceptors (Lipinski definition) is 5. The second-order valence-corrected chi connectivity index (χ2v) is 6.06. The van der Waals surface area contributed by atoms with Crippen LogP contribution in [-0.4, -0.2) is 41.1 Å². The Morgan fingerprint density at radius 2 is 2.00 bits per heavy atom. The molecule has 0 amide bonds. The number of nitrogens with zero attached hydrogens (tertiary/aromatic N) is 5. The van der Waals surface area contributed by atoms with E-state index in [-0.39, 0.29) is 0 Å². The molecule has 0 unspecified atom stereocenters. The normalized spacial score (nSPS) is 15.9. The van der Waals surface area contributed by atoms with Gasteiger partial charge in [-0.25, -0.2) is 15.0 Å². The van der Waals surface area contributed by atoms with Gasteiger partial charge >= 0.3 is 0 Å². The molecule has 0 atom stereocenters. The Balaban J connectivity index is 1.65. The minimum atomic E-state index is 0.480. The number of halogens is 1. The summed E-state index contributed by atoms with van der Waals surface area (Å²) < 4.78 is 0. The predicted molar refractivity (Wildman–Crippen MR) is 89.7 cm³/mol. The first kappa shape index (κ1) is 15.0. The van der Waals surface area contributed by atoms with Crippen molar-refractivity contribution in [2.75, 3.05) is 29.9 Å². The monoisotopic (exact) mass is 317 g/mol. The summed E-state index contributed by atoms with van der Waals surface area (Å²) in [6.07, 6.45) is 5.55. The van der Waals surface area contributed by atoms with Crippen LogP contribution in [0.2, 0.25) is 5.02 Å². The fraction of sp³-hybridized carbons (Fsp3) is 0.438. The molecule has 3 rings (SSSR count). The minimum Gasteiger partial charge on any atom is -0.356 e. The quantitative estimate of drug-likeness (QED) is 0.871. The van der Waals surface area contributed by atoms with Crippen molar-refractivity contribution >= 4 is 23.2 Å². The molecule has 3 heterocycles. The van der Waals surface area contributed by atoms with Crippen molar-refractivity contribution in [1.29, 1.82) is 0 Å². The summed E-state index contributed by atoms with van der Waals surface area (Å²) in [5, 5.41) is 0.723. The molecule has 0 N–H and O–H groups in total. The van der Waals surface area contributed by atoms with E-state index in [1.165, 1.54) is 0 Å². The molecule has 0 aliphatic carbocycles. The Labute approximate surface area is 136 Å². The molecule has 5 nitrogen and oxygen atoms in total. The van der Waals surface area contributed by atoms with Gasteiger partial charge in [-0.3, -0.25) is 0 Å². The molecule has 1 fully saturated rings. The highest BCUT2D eigenvalue weighted by Crippen LogP contribution is 2.27. The SMILES string of the molecule is Cc1cc(N(C)C2CCN(c3ncccc3Cl)CC2)ncn1. The molecule has 2 aromatic rings. The van der Waals surface area contributed by atoms with Gasteiger partial charge in [-0.15, -0.1) is 0 Å². The first-order valence-electron chi connectivity index (χ1n) is 7.52. The van der Waals surface area contributed by atoms with Crippen LogP contribution in [0.25, 0.3) is 0 Å². The van der Waals surface area contributed by atoms with E-state index in [4.69, 9.17) is 11.6 Å². The van der Waals surface area contributed by atoms with Gasteiger partial charge in [-0.2, -0.15) is 0 Å². The van der Waals surface area contributed by atoms with Crippen LogP contribution in [0.1, 0.15) is 18.5 Å². The highest BCUT2D eigenvalue weighted by molar-refractivity contribution is 6.32. The van der Waals surface area contributed by atoms with Crippen molar-refractivity contribution < 1.29 is 0 Å². The van der Waals surface area contributed by atoms with E-state index < -0.39 is 0 Å². The Hall–Kier alpha value is -1.88. The average Bonchev–Trinajstić information content (AvgIpc) is 2.55. The minimum absolute atomic E-state index is 0.480. The van der Waals surface area contributed by atoms with E-state index in [1.807, 2.05) is 25.1 Å². The summed E-state index contributed by atoms with van der Waals surface area (Å²) >= 11 is 6.24. The second kappa shape index (κ2) is 6.48. The van der Waals surface area contributed by atoms with Gasteiger partial charge in [0.05, 0.1) is 5.02 Å². The second-order valence-electron chi connectivity index (χ2n) is 5.66. The van der Waals surface area contributed by atoms with Crippen LogP contribution in [0.5, 0.6) is 0 Å². The molecule has 1 saturated heterocycles. The lowest BCUT2D eigenvalue weighted by atomic mass is 10.0. The van der Waals surface area contributed by atoms with E-state index in [0.717, 1.165) is 48.3 Å².